The van der Waals surface area contributed by atoms with Crippen LogP contribution in [0.3, 0.4) is 0 Å². The number of rotatable bonds is 4. The Kier molecular flexibility index (Phi) is 4.11. The number of hydrogen-bond acceptors (Lipinski definition) is 4. The lowest BCUT2D eigenvalue weighted by Crippen LogP contribution is -2.16. The number of hydrogen-bond donors (Lipinski definition) is 1. The van der Waals surface area contributed by atoms with Crippen LogP contribution >= 0.6 is 11.6 Å². The molecule has 0 radical (unpaired) electrons. The third kappa shape index (κ3) is 2.94. The molecule has 0 aliphatic carbocycles. The molecule has 1 atom stereocenters. The number of aromatic nitrogens is 2. The predicted octanol–water partition coefficient (Wildman–Crippen LogP) is 1.03. The number of imidazole rings is 1. The lowest BCUT2D eigenvalue weighted by atomic mass is 10.1. The molecule has 0 amide bonds. The highest BCUT2D eigenvalue weighted by Crippen LogP contribution is 2.22. The number of nitrogens with zero attached hydrogens (tertiary/aromatic N) is 2. The summed E-state index contributed by atoms with van der Waals surface area (Å²) in [7, 11) is 3.16. The van der Waals surface area contributed by atoms with Gasteiger partial charge in [0.15, 0.2) is 5.15 Å². The molecule has 15 heavy (non-hydrogen) atoms. The Hall–Kier alpha value is -1.07. The summed E-state index contributed by atoms with van der Waals surface area (Å²) in [4.78, 5) is 14.8. The molecule has 1 aromatic rings. The number of carbonyl (C=O) groups is 1. The first-order valence-corrected chi connectivity index (χ1v) is 4.93. The SMILES string of the molecule is COC(=O)CCC(N)c1c(Cl)ncn1C. The van der Waals surface area contributed by atoms with Crippen LogP contribution in [0, 0.1) is 0 Å². The summed E-state index contributed by atoms with van der Waals surface area (Å²) in [5, 5.41) is 0.384. The highest BCUT2D eigenvalue weighted by atomic mass is 35.5. The number of nitrogens with two attached hydrogens (primary N) is 1. The van der Waals surface area contributed by atoms with Crippen LogP contribution < -0.4 is 5.73 Å². The van der Waals surface area contributed by atoms with Gasteiger partial charge in [0.1, 0.15) is 0 Å². The van der Waals surface area contributed by atoms with Crippen molar-refractivity contribution in [1.29, 1.82) is 0 Å². The van der Waals surface area contributed by atoms with Gasteiger partial charge in [-0.1, -0.05) is 11.6 Å². The predicted molar refractivity (Wildman–Crippen MR) is 56.4 cm³/mol. The zero-order chi connectivity index (χ0) is 11.4. The summed E-state index contributed by atoms with van der Waals surface area (Å²) in [5.41, 5.74) is 6.63. The Balaban J connectivity index is 2.61. The van der Waals surface area contributed by atoms with Gasteiger partial charge in [0.25, 0.3) is 0 Å². The lowest BCUT2D eigenvalue weighted by molar-refractivity contribution is -0.140. The van der Waals surface area contributed by atoms with Gasteiger partial charge in [0, 0.05) is 19.5 Å². The monoisotopic (exact) mass is 231 g/mol. The Morgan fingerprint density at radius 3 is 2.93 bits per heavy atom. The van der Waals surface area contributed by atoms with Gasteiger partial charge in [-0.15, -0.1) is 0 Å². The topological polar surface area (TPSA) is 70.1 Å². The van der Waals surface area contributed by atoms with Crippen molar-refractivity contribution >= 4 is 17.6 Å². The second-order valence-electron chi connectivity index (χ2n) is 3.25. The average Bonchev–Trinajstić information content (AvgIpc) is 2.54. The number of ether oxygens (including phenoxy) is 1. The van der Waals surface area contributed by atoms with Gasteiger partial charge in [-0.2, -0.15) is 0 Å². The van der Waals surface area contributed by atoms with Crippen molar-refractivity contribution in [3.05, 3.63) is 17.2 Å². The minimum absolute atomic E-state index is 0.274. The van der Waals surface area contributed by atoms with E-state index in [1.165, 1.54) is 7.11 Å². The summed E-state index contributed by atoms with van der Waals surface area (Å²) in [6, 6.07) is -0.302. The zero-order valence-electron chi connectivity index (χ0n) is 8.74. The zero-order valence-corrected chi connectivity index (χ0v) is 9.49. The van der Waals surface area contributed by atoms with Crippen molar-refractivity contribution < 1.29 is 9.53 Å². The molecule has 6 heteroatoms. The van der Waals surface area contributed by atoms with Crippen molar-refractivity contribution in [1.82, 2.24) is 9.55 Å². The fraction of sp³-hybridized carbons (Fsp3) is 0.556. The van der Waals surface area contributed by atoms with E-state index in [4.69, 9.17) is 17.3 Å². The highest BCUT2D eigenvalue weighted by Gasteiger charge is 2.16. The van der Waals surface area contributed by atoms with Crippen LogP contribution in [-0.4, -0.2) is 22.6 Å². The molecule has 0 aromatic carbocycles. The van der Waals surface area contributed by atoms with Crippen molar-refractivity contribution in [3.63, 3.8) is 0 Å². The first kappa shape index (κ1) is 12.0. The summed E-state index contributed by atoms with van der Waals surface area (Å²) in [6.07, 6.45) is 2.36. The Morgan fingerprint density at radius 1 is 1.80 bits per heavy atom. The van der Waals surface area contributed by atoms with Crippen LogP contribution in [0.5, 0.6) is 0 Å². The fourth-order valence-electron chi connectivity index (χ4n) is 1.34. The molecule has 1 unspecified atom stereocenters. The van der Waals surface area contributed by atoms with E-state index in [0.717, 1.165) is 5.69 Å². The molecular formula is C9H14ClN3O2. The number of halogens is 1. The maximum atomic E-state index is 10.9. The molecule has 0 bridgehead atoms. The second-order valence-corrected chi connectivity index (χ2v) is 3.61. The van der Waals surface area contributed by atoms with Gasteiger partial charge in [0.05, 0.1) is 19.1 Å². The smallest absolute Gasteiger partial charge is 0.305 e. The van der Waals surface area contributed by atoms with Crippen LogP contribution in [0.15, 0.2) is 6.33 Å². The van der Waals surface area contributed by atoms with E-state index in [0.29, 0.717) is 11.6 Å². The molecule has 0 saturated carbocycles. The number of methoxy groups -OCH3 is 1. The van der Waals surface area contributed by atoms with E-state index in [2.05, 4.69) is 9.72 Å². The molecule has 84 valence electrons. The molecule has 0 saturated heterocycles. The van der Waals surface area contributed by atoms with Gasteiger partial charge < -0.3 is 15.0 Å². The van der Waals surface area contributed by atoms with Crippen molar-refractivity contribution in [2.75, 3.05) is 7.11 Å². The summed E-state index contributed by atoms with van der Waals surface area (Å²) in [5.74, 6) is -0.274. The average molecular weight is 232 g/mol. The van der Waals surface area contributed by atoms with E-state index in [1.54, 1.807) is 10.9 Å². The molecule has 1 rings (SSSR count). The van der Waals surface area contributed by atoms with Gasteiger partial charge in [-0.05, 0) is 6.42 Å². The first-order chi connectivity index (χ1) is 7.06. The number of esters is 1. The quantitative estimate of drug-likeness (QED) is 0.786. The van der Waals surface area contributed by atoms with E-state index in [1.807, 2.05) is 7.05 Å². The molecule has 1 aromatic heterocycles. The molecule has 0 aliphatic rings. The molecular weight excluding hydrogens is 218 g/mol. The molecule has 5 nitrogen and oxygen atoms in total. The fourth-order valence-corrected chi connectivity index (χ4v) is 1.65. The normalized spacial score (nSPS) is 12.5. The lowest BCUT2D eigenvalue weighted by Gasteiger charge is -2.11. The van der Waals surface area contributed by atoms with Gasteiger partial charge >= 0.3 is 5.97 Å². The third-order valence-electron chi connectivity index (χ3n) is 2.17. The molecule has 0 fully saturated rings. The standard InChI is InChI=1S/C9H14ClN3O2/c1-13-5-12-9(10)8(13)6(11)3-4-7(14)15-2/h5-6H,3-4,11H2,1-2H3. The van der Waals surface area contributed by atoms with Crippen LogP contribution in [-0.2, 0) is 16.6 Å². The van der Waals surface area contributed by atoms with Crippen LogP contribution in [0.2, 0.25) is 5.15 Å². The molecule has 0 aliphatic heterocycles. The first-order valence-electron chi connectivity index (χ1n) is 4.55. The van der Waals surface area contributed by atoms with Crippen LogP contribution in [0.25, 0.3) is 0 Å². The molecule has 2 N–H and O–H groups in total. The van der Waals surface area contributed by atoms with Gasteiger partial charge in [-0.25, -0.2) is 4.98 Å². The van der Waals surface area contributed by atoms with E-state index in [9.17, 15) is 4.79 Å². The number of aryl methyl sites for hydroxylation is 1. The Bertz CT molecular complexity index is 332. The van der Waals surface area contributed by atoms with Gasteiger partial charge in [0.2, 0.25) is 0 Å². The van der Waals surface area contributed by atoms with Crippen molar-refractivity contribution in [2.24, 2.45) is 12.8 Å². The van der Waals surface area contributed by atoms with E-state index < -0.39 is 0 Å². The minimum Gasteiger partial charge on any atom is -0.469 e. The minimum atomic E-state index is -0.302. The summed E-state index contributed by atoms with van der Waals surface area (Å²) in [6.45, 7) is 0. The second kappa shape index (κ2) is 5.14. The maximum absolute atomic E-state index is 10.9. The number of carbonyl (C=O) groups excluding carboxylic acids is 1. The maximum Gasteiger partial charge on any atom is 0.305 e. The molecule has 0 spiro atoms. The van der Waals surface area contributed by atoms with Crippen LogP contribution in [0.1, 0.15) is 24.6 Å². The van der Waals surface area contributed by atoms with Gasteiger partial charge in [-0.3, -0.25) is 4.79 Å². The Labute approximate surface area is 93.2 Å². The largest absolute Gasteiger partial charge is 0.469 e. The van der Waals surface area contributed by atoms with Crippen LogP contribution in [0.4, 0.5) is 0 Å². The third-order valence-corrected chi connectivity index (χ3v) is 2.47. The highest BCUT2D eigenvalue weighted by molar-refractivity contribution is 6.30. The molecule has 1 heterocycles. The van der Waals surface area contributed by atoms with Crippen molar-refractivity contribution in [3.8, 4) is 0 Å². The summed E-state index contributed by atoms with van der Waals surface area (Å²) < 4.78 is 6.28. The summed E-state index contributed by atoms with van der Waals surface area (Å²) >= 11 is 5.86. The van der Waals surface area contributed by atoms with Crippen molar-refractivity contribution in [2.45, 2.75) is 18.9 Å². The van der Waals surface area contributed by atoms with E-state index in [-0.39, 0.29) is 18.4 Å². The Morgan fingerprint density at radius 2 is 2.47 bits per heavy atom. The van der Waals surface area contributed by atoms with E-state index >= 15 is 0 Å².